The Balaban J connectivity index is 1.71. The van der Waals surface area contributed by atoms with E-state index in [1.165, 1.54) is 25.9 Å². The lowest BCUT2D eigenvalue weighted by Gasteiger charge is -2.15. The van der Waals surface area contributed by atoms with E-state index < -0.39 is 0 Å². The smallest absolute Gasteiger partial charge is 0.267 e. The molecule has 1 saturated heterocycles. The Kier molecular flexibility index (Phi) is 4.38. The Hall–Kier alpha value is -1.55. The fourth-order valence-electron chi connectivity index (χ4n) is 2.03. The summed E-state index contributed by atoms with van der Waals surface area (Å²) in [5, 5.41) is 5.88. The molecule has 0 radical (unpaired) electrons. The number of rotatable bonds is 4. The number of nitrogens with one attached hydrogen (secondary N) is 2. The Morgan fingerprint density at radius 1 is 1.29 bits per heavy atom. The van der Waals surface area contributed by atoms with Gasteiger partial charge in [0.15, 0.2) is 0 Å². The maximum Gasteiger partial charge on any atom is 0.267 e. The van der Waals surface area contributed by atoms with Gasteiger partial charge in [0.2, 0.25) is 0 Å². The quantitative estimate of drug-likeness (QED) is 0.753. The number of carbonyl (C=O) groups excluding carboxylic acids is 1. The molecule has 92 valence electrons. The molecule has 0 unspecified atom stereocenters. The molecule has 0 aliphatic carbocycles. The number of nitrogens with zero attached hydrogens (tertiary/aromatic N) is 1. The van der Waals surface area contributed by atoms with Crippen LogP contribution in [-0.2, 0) is 4.79 Å². The molecule has 17 heavy (non-hydrogen) atoms. The molecule has 2 aliphatic rings. The first kappa shape index (κ1) is 11.9. The van der Waals surface area contributed by atoms with E-state index in [-0.39, 0.29) is 5.91 Å². The number of carbonyl (C=O) groups is 1. The average molecular weight is 233 g/mol. The highest BCUT2D eigenvalue weighted by atomic mass is 16.2. The van der Waals surface area contributed by atoms with Crippen molar-refractivity contribution in [3.05, 3.63) is 36.2 Å². The minimum atomic E-state index is -0.0413. The number of allylic oxidation sites excluding steroid dienone is 4. The molecule has 0 aromatic heterocycles. The van der Waals surface area contributed by atoms with Gasteiger partial charge >= 0.3 is 0 Å². The molecular formula is C13H19N3O. The number of hydrogen-bond donors (Lipinski definition) is 2. The summed E-state index contributed by atoms with van der Waals surface area (Å²) in [7, 11) is 0. The Morgan fingerprint density at radius 3 is 2.94 bits per heavy atom. The van der Waals surface area contributed by atoms with Crippen molar-refractivity contribution in [3.63, 3.8) is 0 Å². The topological polar surface area (TPSA) is 44.4 Å². The summed E-state index contributed by atoms with van der Waals surface area (Å²) < 4.78 is 0. The highest BCUT2D eigenvalue weighted by molar-refractivity contribution is 5.93. The van der Waals surface area contributed by atoms with Crippen LogP contribution in [0.4, 0.5) is 0 Å². The van der Waals surface area contributed by atoms with Gasteiger partial charge in [-0.3, -0.25) is 4.79 Å². The lowest BCUT2D eigenvalue weighted by atomic mass is 10.3. The average Bonchev–Trinajstić information content (AvgIpc) is 2.69. The monoisotopic (exact) mass is 233 g/mol. The Bertz CT molecular complexity index is 352. The normalized spacial score (nSPS) is 19.6. The van der Waals surface area contributed by atoms with Crippen molar-refractivity contribution in [1.82, 2.24) is 15.5 Å². The molecule has 1 fully saturated rings. The van der Waals surface area contributed by atoms with Crippen molar-refractivity contribution in [2.45, 2.75) is 12.8 Å². The standard InChI is InChI=1S/C13H19N3O/c17-13(12-6-2-1-3-7-14-12)15-8-11-16-9-4-5-10-16/h1-3,6-7,14H,4-5,8-11H2,(H,15,17). The van der Waals surface area contributed by atoms with E-state index in [0.29, 0.717) is 12.2 Å². The largest absolute Gasteiger partial charge is 0.357 e. The van der Waals surface area contributed by atoms with Crippen molar-refractivity contribution in [2.24, 2.45) is 0 Å². The van der Waals surface area contributed by atoms with Gasteiger partial charge in [0, 0.05) is 19.3 Å². The third-order valence-electron chi connectivity index (χ3n) is 2.98. The first-order valence-corrected chi connectivity index (χ1v) is 6.17. The van der Waals surface area contributed by atoms with Gasteiger partial charge in [0.1, 0.15) is 5.70 Å². The lowest BCUT2D eigenvalue weighted by Crippen LogP contribution is -2.36. The molecule has 2 aliphatic heterocycles. The van der Waals surface area contributed by atoms with Gasteiger partial charge in [-0.25, -0.2) is 0 Å². The zero-order chi connectivity index (χ0) is 11.9. The summed E-state index contributed by atoms with van der Waals surface area (Å²) in [5.74, 6) is -0.0413. The van der Waals surface area contributed by atoms with Crippen LogP contribution < -0.4 is 10.6 Å². The summed E-state index contributed by atoms with van der Waals surface area (Å²) >= 11 is 0. The van der Waals surface area contributed by atoms with Crippen LogP contribution in [0.3, 0.4) is 0 Å². The van der Waals surface area contributed by atoms with Crippen LogP contribution in [0.15, 0.2) is 36.2 Å². The molecule has 4 heteroatoms. The summed E-state index contributed by atoms with van der Waals surface area (Å²) in [5.41, 5.74) is 0.594. The van der Waals surface area contributed by atoms with E-state index in [1.54, 1.807) is 12.3 Å². The second-order valence-corrected chi connectivity index (χ2v) is 4.27. The van der Waals surface area contributed by atoms with Gasteiger partial charge in [0.05, 0.1) is 0 Å². The minimum Gasteiger partial charge on any atom is -0.357 e. The summed E-state index contributed by atoms with van der Waals surface area (Å²) in [6.07, 6.45) is 11.7. The van der Waals surface area contributed by atoms with E-state index in [0.717, 1.165) is 6.54 Å². The molecule has 0 spiro atoms. The van der Waals surface area contributed by atoms with Crippen LogP contribution in [0, 0.1) is 0 Å². The zero-order valence-corrected chi connectivity index (χ0v) is 9.98. The molecule has 4 nitrogen and oxygen atoms in total. The molecule has 0 aromatic carbocycles. The summed E-state index contributed by atoms with van der Waals surface area (Å²) in [6.45, 7) is 4.00. The van der Waals surface area contributed by atoms with Crippen molar-refractivity contribution < 1.29 is 4.79 Å². The zero-order valence-electron chi connectivity index (χ0n) is 9.98. The van der Waals surface area contributed by atoms with Crippen molar-refractivity contribution in [1.29, 1.82) is 0 Å². The van der Waals surface area contributed by atoms with Gasteiger partial charge in [0.25, 0.3) is 5.91 Å². The van der Waals surface area contributed by atoms with Gasteiger partial charge in [-0.2, -0.15) is 0 Å². The van der Waals surface area contributed by atoms with Crippen molar-refractivity contribution >= 4 is 5.91 Å². The number of hydrogen-bond acceptors (Lipinski definition) is 3. The maximum atomic E-state index is 11.8. The van der Waals surface area contributed by atoms with Crippen molar-refractivity contribution in [3.8, 4) is 0 Å². The summed E-state index contributed by atoms with van der Waals surface area (Å²) in [6, 6.07) is 0. The van der Waals surface area contributed by atoms with Gasteiger partial charge < -0.3 is 15.5 Å². The first-order chi connectivity index (χ1) is 8.36. The van der Waals surface area contributed by atoms with Crippen LogP contribution in [0.1, 0.15) is 12.8 Å². The van der Waals surface area contributed by atoms with E-state index in [9.17, 15) is 4.79 Å². The first-order valence-electron chi connectivity index (χ1n) is 6.17. The maximum absolute atomic E-state index is 11.8. The molecule has 0 aromatic rings. The predicted octanol–water partition coefficient (Wildman–Crippen LogP) is 0.755. The van der Waals surface area contributed by atoms with Crippen molar-refractivity contribution in [2.75, 3.05) is 26.2 Å². The molecule has 0 bridgehead atoms. The van der Waals surface area contributed by atoms with Crippen LogP contribution >= 0.6 is 0 Å². The van der Waals surface area contributed by atoms with Crippen LogP contribution in [-0.4, -0.2) is 37.0 Å². The minimum absolute atomic E-state index is 0.0413. The highest BCUT2D eigenvalue weighted by Gasteiger charge is 2.12. The van der Waals surface area contributed by atoms with Gasteiger partial charge in [-0.05, 0) is 38.1 Å². The Labute approximate surface area is 102 Å². The molecule has 2 rings (SSSR count). The molecule has 0 saturated carbocycles. The number of amides is 1. The third kappa shape index (κ3) is 3.75. The fraction of sp³-hybridized carbons (Fsp3) is 0.462. The molecule has 2 N–H and O–H groups in total. The molecular weight excluding hydrogens is 214 g/mol. The second kappa shape index (κ2) is 6.25. The predicted molar refractivity (Wildman–Crippen MR) is 68.2 cm³/mol. The van der Waals surface area contributed by atoms with E-state index in [1.807, 2.05) is 18.2 Å². The number of likely N-dealkylation sites (tertiary alicyclic amines) is 1. The second-order valence-electron chi connectivity index (χ2n) is 4.27. The lowest BCUT2D eigenvalue weighted by molar-refractivity contribution is -0.117. The summed E-state index contributed by atoms with van der Waals surface area (Å²) in [4.78, 5) is 14.2. The van der Waals surface area contributed by atoms with Crippen LogP contribution in [0.25, 0.3) is 0 Å². The third-order valence-corrected chi connectivity index (χ3v) is 2.98. The molecule has 2 heterocycles. The van der Waals surface area contributed by atoms with Crippen LogP contribution in [0.2, 0.25) is 0 Å². The van der Waals surface area contributed by atoms with E-state index in [2.05, 4.69) is 15.5 Å². The van der Waals surface area contributed by atoms with Gasteiger partial charge in [-0.1, -0.05) is 12.2 Å². The van der Waals surface area contributed by atoms with E-state index in [4.69, 9.17) is 0 Å². The SMILES string of the molecule is O=C(NCCN1CCCC1)C1=CC=CC=CN1. The van der Waals surface area contributed by atoms with Gasteiger partial charge in [-0.15, -0.1) is 0 Å². The van der Waals surface area contributed by atoms with E-state index >= 15 is 0 Å². The fourth-order valence-corrected chi connectivity index (χ4v) is 2.03. The molecule has 1 amide bonds. The Morgan fingerprint density at radius 2 is 2.12 bits per heavy atom. The van der Waals surface area contributed by atoms with Crippen LogP contribution in [0.5, 0.6) is 0 Å². The molecule has 0 atom stereocenters. The highest BCUT2D eigenvalue weighted by Crippen LogP contribution is 2.05.